The van der Waals surface area contributed by atoms with Crippen molar-refractivity contribution >= 4 is 39.0 Å². The molecule has 0 spiro atoms. The van der Waals surface area contributed by atoms with Crippen LogP contribution in [0.1, 0.15) is 44.7 Å². The maximum atomic E-state index is 13.1. The maximum Gasteiger partial charge on any atom is 0.262 e. The molecule has 4 N–H and O–H groups in total. The minimum Gasteiger partial charge on any atom is -0.353 e. The summed E-state index contributed by atoms with van der Waals surface area (Å²) in [4.78, 5) is 38.4. The van der Waals surface area contributed by atoms with Crippen LogP contribution in [-0.2, 0) is 14.8 Å². The van der Waals surface area contributed by atoms with Crippen molar-refractivity contribution in [3.8, 4) is 0 Å². The fraction of sp³-hybridized carbons (Fsp3) is 0.409. The number of aryl methyl sites for hydroxylation is 1. The van der Waals surface area contributed by atoms with E-state index >= 15 is 0 Å². The molecule has 178 valence electrons. The highest BCUT2D eigenvalue weighted by Crippen LogP contribution is 2.22. The van der Waals surface area contributed by atoms with Gasteiger partial charge >= 0.3 is 0 Å². The van der Waals surface area contributed by atoms with Gasteiger partial charge in [0.25, 0.3) is 5.91 Å². The summed E-state index contributed by atoms with van der Waals surface area (Å²) < 4.78 is 27.3. The van der Waals surface area contributed by atoms with Gasteiger partial charge < -0.3 is 16.0 Å². The Morgan fingerprint density at radius 2 is 1.64 bits per heavy atom. The molecule has 1 fully saturated rings. The monoisotopic (exact) mass is 492 g/mol. The van der Waals surface area contributed by atoms with Crippen LogP contribution in [0.5, 0.6) is 0 Å². The van der Waals surface area contributed by atoms with E-state index in [1.165, 1.54) is 19.1 Å². The Balaban J connectivity index is 1.60. The zero-order valence-corrected chi connectivity index (χ0v) is 20.2. The van der Waals surface area contributed by atoms with E-state index in [2.05, 4.69) is 20.7 Å². The average Bonchev–Trinajstić information content (AvgIpc) is 3.28. The first-order valence-corrected chi connectivity index (χ1v) is 12.9. The molecule has 0 radical (unpaired) electrons. The van der Waals surface area contributed by atoms with Crippen molar-refractivity contribution in [2.75, 3.05) is 26.2 Å². The van der Waals surface area contributed by atoms with Crippen LogP contribution < -0.4 is 20.7 Å². The molecule has 9 nitrogen and oxygen atoms in total. The fourth-order valence-corrected chi connectivity index (χ4v) is 5.35. The molecular weight excluding hydrogens is 464 g/mol. The Bertz CT molecular complexity index is 1120. The maximum absolute atomic E-state index is 13.1. The highest BCUT2D eigenvalue weighted by Gasteiger charge is 2.41. The van der Waals surface area contributed by atoms with E-state index in [0.717, 1.165) is 16.9 Å². The number of hydrogen-bond acceptors (Lipinski definition) is 7. The molecule has 1 saturated heterocycles. The Morgan fingerprint density at radius 3 is 2.24 bits per heavy atom. The van der Waals surface area contributed by atoms with Gasteiger partial charge in [-0.05, 0) is 64.0 Å². The van der Waals surface area contributed by atoms with E-state index in [1.54, 1.807) is 24.3 Å². The molecule has 0 atom stereocenters. The van der Waals surface area contributed by atoms with Crippen LogP contribution >= 0.6 is 11.3 Å². The van der Waals surface area contributed by atoms with Crippen molar-refractivity contribution in [2.45, 2.75) is 37.1 Å². The van der Waals surface area contributed by atoms with Crippen LogP contribution in [0, 0.1) is 6.92 Å². The summed E-state index contributed by atoms with van der Waals surface area (Å²) in [5.74, 6) is -0.902. The number of benzene rings is 1. The van der Waals surface area contributed by atoms with Gasteiger partial charge in [0.05, 0.1) is 14.6 Å². The standard InChI is InChI=1S/C22H28N4O5S2/c1-15-3-5-17(6-4-15)33(30,31)25-14-13-24-21(29)22(9-11-23-12-10-22)26-20(28)19-8-7-18(32-19)16(2)27/h3-8,23,25H,9-14H2,1-2H3,(H,24,29)(H,26,28). The molecule has 2 amide bonds. The lowest BCUT2D eigenvalue weighted by molar-refractivity contribution is -0.128. The Labute approximate surface area is 197 Å². The molecule has 11 heteroatoms. The third-order valence-corrected chi connectivity index (χ3v) is 8.12. The molecule has 0 bridgehead atoms. The van der Waals surface area contributed by atoms with E-state index in [4.69, 9.17) is 0 Å². The number of sulfonamides is 1. The molecule has 0 saturated carbocycles. The summed E-state index contributed by atoms with van der Waals surface area (Å²) in [7, 11) is -3.68. The second-order valence-electron chi connectivity index (χ2n) is 7.97. The van der Waals surface area contributed by atoms with Gasteiger partial charge in [0, 0.05) is 13.1 Å². The molecule has 2 aromatic rings. The minimum atomic E-state index is -3.68. The topological polar surface area (TPSA) is 133 Å². The number of nitrogens with one attached hydrogen (secondary N) is 4. The number of carbonyl (C=O) groups is 3. The summed E-state index contributed by atoms with van der Waals surface area (Å²) in [6.07, 6.45) is 0.787. The first-order valence-electron chi connectivity index (χ1n) is 10.6. The second kappa shape index (κ2) is 10.6. The predicted octanol–water partition coefficient (Wildman–Crippen LogP) is 1.21. The average molecular weight is 493 g/mol. The number of ketones is 1. The van der Waals surface area contributed by atoms with Gasteiger partial charge in [0.15, 0.2) is 5.78 Å². The summed E-state index contributed by atoms with van der Waals surface area (Å²) >= 11 is 1.09. The van der Waals surface area contributed by atoms with E-state index in [-0.39, 0.29) is 29.7 Å². The van der Waals surface area contributed by atoms with Crippen molar-refractivity contribution in [3.63, 3.8) is 0 Å². The number of thiophene rings is 1. The van der Waals surface area contributed by atoms with Gasteiger partial charge in [-0.15, -0.1) is 11.3 Å². The van der Waals surface area contributed by atoms with E-state index in [9.17, 15) is 22.8 Å². The molecule has 2 heterocycles. The van der Waals surface area contributed by atoms with E-state index in [0.29, 0.717) is 35.7 Å². The smallest absolute Gasteiger partial charge is 0.262 e. The first kappa shape index (κ1) is 25.0. The van der Waals surface area contributed by atoms with Crippen LogP contribution in [0.4, 0.5) is 0 Å². The van der Waals surface area contributed by atoms with Gasteiger partial charge in [0.1, 0.15) is 5.54 Å². The molecule has 0 unspecified atom stereocenters. The first-order chi connectivity index (χ1) is 15.6. The quantitative estimate of drug-likeness (QED) is 0.307. The lowest BCUT2D eigenvalue weighted by Gasteiger charge is -2.36. The number of carbonyl (C=O) groups excluding carboxylic acids is 3. The molecule has 1 aliphatic heterocycles. The Hall–Kier alpha value is -2.60. The number of amides is 2. The van der Waals surface area contributed by atoms with E-state index in [1.807, 2.05) is 6.92 Å². The van der Waals surface area contributed by atoms with E-state index < -0.39 is 21.5 Å². The van der Waals surface area contributed by atoms with Crippen LogP contribution in [-0.4, -0.2) is 57.7 Å². The van der Waals surface area contributed by atoms with Crippen molar-refractivity contribution in [1.29, 1.82) is 0 Å². The molecule has 3 rings (SSSR count). The Morgan fingerprint density at radius 1 is 1.00 bits per heavy atom. The molecule has 33 heavy (non-hydrogen) atoms. The van der Waals surface area contributed by atoms with Gasteiger partial charge in [-0.25, -0.2) is 13.1 Å². The van der Waals surface area contributed by atoms with Crippen LogP contribution in [0.25, 0.3) is 0 Å². The highest BCUT2D eigenvalue weighted by molar-refractivity contribution is 7.89. The van der Waals surface area contributed by atoms with Gasteiger partial charge in [-0.3, -0.25) is 14.4 Å². The number of hydrogen-bond donors (Lipinski definition) is 4. The fourth-order valence-electron chi connectivity index (χ4n) is 3.52. The second-order valence-corrected chi connectivity index (χ2v) is 10.8. The molecular formula is C22H28N4O5S2. The zero-order chi connectivity index (χ0) is 24.1. The number of piperidine rings is 1. The number of Topliss-reactive ketones (excluding diaryl/α,β-unsaturated/α-hetero) is 1. The predicted molar refractivity (Wildman–Crippen MR) is 126 cm³/mol. The van der Waals surface area contributed by atoms with Gasteiger partial charge in [-0.1, -0.05) is 17.7 Å². The van der Waals surface area contributed by atoms with Crippen LogP contribution in [0.15, 0.2) is 41.3 Å². The molecule has 1 aliphatic rings. The molecule has 1 aromatic carbocycles. The summed E-state index contributed by atoms with van der Waals surface area (Å²) in [6.45, 7) is 4.49. The van der Waals surface area contributed by atoms with Crippen molar-refractivity contribution in [3.05, 3.63) is 51.7 Å². The summed E-state index contributed by atoms with van der Waals surface area (Å²) in [5, 5.41) is 8.78. The van der Waals surface area contributed by atoms with Crippen LogP contribution in [0.2, 0.25) is 0 Å². The number of rotatable bonds is 9. The third kappa shape index (κ3) is 6.26. The Kier molecular flexibility index (Phi) is 8.01. The highest BCUT2D eigenvalue weighted by atomic mass is 32.2. The largest absolute Gasteiger partial charge is 0.353 e. The molecule has 1 aromatic heterocycles. The molecule has 0 aliphatic carbocycles. The third-order valence-electron chi connectivity index (χ3n) is 5.46. The SMILES string of the molecule is CC(=O)c1ccc(C(=O)NC2(C(=O)NCCNS(=O)(=O)c3ccc(C)cc3)CCNCC2)s1. The summed E-state index contributed by atoms with van der Waals surface area (Å²) in [5.41, 5.74) is -0.158. The van der Waals surface area contributed by atoms with Crippen LogP contribution in [0.3, 0.4) is 0 Å². The lowest BCUT2D eigenvalue weighted by Crippen LogP contribution is -2.63. The van der Waals surface area contributed by atoms with Crippen molar-refractivity contribution in [2.24, 2.45) is 0 Å². The van der Waals surface area contributed by atoms with Crippen molar-refractivity contribution in [1.82, 2.24) is 20.7 Å². The zero-order valence-electron chi connectivity index (χ0n) is 18.6. The van der Waals surface area contributed by atoms with Gasteiger partial charge in [0.2, 0.25) is 15.9 Å². The summed E-state index contributed by atoms with van der Waals surface area (Å²) in [6, 6.07) is 9.65. The van der Waals surface area contributed by atoms with Gasteiger partial charge in [-0.2, -0.15) is 0 Å². The van der Waals surface area contributed by atoms with Crippen molar-refractivity contribution < 1.29 is 22.8 Å². The normalized spacial score (nSPS) is 15.6. The lowest BCUT2D eigenvalue weighted by atomic mass is 9.87. The minimum absolute atomic E-state index is 0.0110.